The van der Waals surface area contributed by atoms with Crippen molar-refractivity contribution in [3.63, 3.8) is 0 Å². The number of hydrogen-bond acceptors (Lipinski definition) is 4. The Hall–Kier alpha value is -1.16. The van der Waals surface area contributed by atoms with Crippen LogP contribution in [0, 0.1) is 17.8 Å². The molecule has 3 atom stereocenters. The van der Waals surface area contributed by atoms with Crippen LogP contribution in [0.1, 0.15) is 104 Å². The zero-order valence-electron chi connectivity index (χ0n) is 18.2. The van der Waals surface area contributed by atoms with Crippen molar-refractivity contribution in [2.75, 3.05) is 6.61 Å². The van der Waals surface area contributed by atoms with Gasteiger partial charge in [0.1, 0.15) is 5.92 Å². The van der Waals surface area contributed by atoms with Crippen LogP contribution in [0.25, 0.3) is 0 Å². The number of carbonyl (C=O) groups is 2. The van der Waals surface area contributed by atoms with Gasteiger partial charge in [-0.25, -0.2) is 0 Å². The molecule has 4 nitrogen and oxygen atoms in total. The van der Waals surface area contributed by atoms with Crippen LogP contribution < -0.4 is 0 Å². The van der Waals surface area contributed by atoms with Gasteiger partial charge in [-0.3, -0.25) is 9.59 Å². The highest BCUT2D eigenvalue weighted by Gasteiger charge is 2.36. The molecule has 3 unspecified atom stereocenters. The van der Waals surface area contributed by atoms with Gasteiger partial charge in [-0.2, -0.15) is 0 Å². The number of allylic oxidation sites excluding steroid dienone is 1. The highest BCUT2D eigenvalue weighted by molar-refractivity contribution is 6.07. The molecule has 0 amide bonds. The molecule has 0 fully saturated rings. The van der Waals surface area contributed by atoms with E-state index >= 15 is 0 Å². The third-order valence-corrected chi connectivity index (χ3v) is 5.97. The number of cyclic esters (lactones) is 1. The Labute approximate surface area is 172 Å². The van der Waals surface area contributed by atoms with Gasteiger partial charge in [0.15, 0.2) is 5.78 Å². The first-order valence-corrected chi connectivity index (χ1v) is 11.6. The molecule has 0 radical (unpaired) electrons. The van der Waals surface area contributed by atoms with Gasteiger partial charge in [0.05, 0.1) is 6.26 Å². The quantitative estimate of drug-likeness (QED) is 0.188. The molecule has 0 aromatic heterocycles. The van der Waals surface area contributed by atoms with E-state index in [0.717, 1.165) is 32.1 Å². The van der Waals surface area contributed by atoms with Crippen molar-refractivity contribution in [3.05, 3.63) is 12.3 Å². The Kier molecular flexibility index (Phi) is 14.0. The lowest BCUT2D eigenvalue weighted by atomic mass is 9.80. The third-order valence-electron chi connectivity index (χ3n) is 5.97. The zero-order valence-corrected chi connectivity index (χ0v) is 18.2. The maximum atomic E-state index is 12.2. The van der Waals surface area contributed by atoms with Crippen LogP contribution in [-0.2, 0) is 14.3 Å². The summed E-state index contributed by atoms with van der Waals surface area (Å²) in [5, 5.41) is 9.27. The van der Waals surface area contributed by atoms with E-state index in [1.165, 1.54) is 70.1 Å². The minimum atomic E-state index is -0.654. The van der Waals surface area contributed by atoms with Gasteiger partial charge < -0.3 is 9.84 Å². The fourth-order valence-electron chi connectivity index (χ4n) is 4.02. The van der Waals surface area contributed by atoms with E-state index < -0.39 is 11.9 Å². The number of carbonyl (C=O) groups excluding carboxylic acids is 2. The number of aliphatic hydroxyl groups is 1. The van der Waals surface area contributed by atoms with Crippen molar-refractivity contribution in [3.8, 4) is 0 Å². The topological polar surface area (TPSA) is 63.6 Å². The molecule has 0 saturated carbocycles. The predicted molar refractivity (Wildman–Crippen MR) is 114 cm³/mol. The Morgan fingerprint density at radius 1 is 0.893 bits per heavy atom. The fourth-order valence-corrected chi connectivity index (χ4v) is 4.02. The first-order chi connectivity index (χ1) is 13.6. The maximum Gasteiger partial charge on any atom is 0.321 e. The second-order valence-electron chi connectivity index (χ2n) is 8.57. The van der Waals surface area contributed by atoms with Crippen molar-refractivity contribution >= 4 is 11.8 Å². The normalized spacial score (nSPS) is 18.9. The van der Waals surface area contributed by atoms with Crippen molar-refractivity contribution in [2.24, 2.45) is 17.8 Å². The summed E-state index contributed by atoms with van der Waals surface area (Å²) in [7, 11) is 0. The molecule has 0 aliphatic carbocycles. The molecule has 4 heteroatoms. The second kappa shape index (κ2) is 15.7. The Balaban J connectivity index is 2.27. The third kappa shape index (κ3) is 10.4. The molecule has 162 valence electrons. The van der Waals surface area contributed by atoms with Gasteiger partial charge in [-0.1, -0.05) is 84.5 Å². The number of ether oxygens (including phenoxy) is 1. The summed E-state index contributed by atoms with van der Waals surface area (Å²) in [5.74, 6) is -0.959. The number of unbranched alkanes of at least 4 members (excludes halogenated alkanes) is 10. The molecule has 1 N–H and O–H groups in total. The van der Waals surface area contributed by atoms with E-state index in [1.807, 2.05) is 6.92 Å². The first kappa shape index (κ1) is 24.9. The smallest absolute Gasteiger partial charge is 0.321 e. The largest absolute Gasteiger partial charge is 0.434 e. The average molecular weight is 395 g/mol. The molecular weight excluding hydrogens is 352 g/mol. The summed E-state index contributed by atoms with van der Waals surface area (Å²) in [5.41, 5.74) is 0. The maximum absolute atomic E-state index is 12.2. The lowest BCUT2D eigenvalue weighted by Crippen LogP contribution is -2.34. The highest BCUT2D eigenvalue weighted by Crippen LogP contribution is 2.30. The van der Waals surface area contributed by atoms with Crippen LogP contribution in [0.4, 0.5) is 0 Å². The lowest BCUT2D eigenvalue weighted by molar-refractivity contribution is -0.150. The van der Waals surface area contributed by atoms with E-state index in [9.17, 15) is 14.7 Å². The monoisotopic (exact) mass is 394 g/mol. The number of hydrogen-bond donors (Lipinski definition) is 1. The zero-order chi connectivity index (χ0) is 20.6. The molecule has 1 heterocycles. The molecule has 1 aliphatic rings. The van der Waals surface area contributed by atoms with Crippen molar-refractivity contribution in [1.82, 2.24) is 0 Å². The van der Waals surface area contributed by atoms with Crippen LogP contribution in [0.3, 0.4) is 0 Å². The van der Waals surface area contributed by atoms with Crippen LogP contribution in [0.2, 0.25) is 0 Å². The average Bonchev–Trinajstić information content (AvgIpc) is 2.69. The molecule has 28 heavy (non-hydrogen) atoms. The Bertz CT molecular complexity index is 458. The lowest BCUT2D eigenvalue weighted by Gasteiger charge is -2.26. The van der Waals surface area contributed by atoms with Crippen LogP contribution in [-0.4, -0.2) is 23.5 Å². The predicted octanol–water partition coefficient (Wildman–Crippen LogP) is 5.97. The Morgan fingerprint density at radius 2 is 1.46 bits per heavy atom. The van der Waals surface area contributed by atoms with E-state index in [-0.39, 0.29) is 24.2 Å². The van der Waals surface area contributed by atoms with E-state index in [0.29, 0.717) is 0 Å². The number of esters is 1. The van der Waals surface area contributed by atoms with Crippen LogP contribution in [0.15, 0.2) is 12.3 Å². The molecule has 1 rings (SSSR count). The molecule has 0 spiro atoms. The second-order valence-corrected chi connectivity index (χ2v) is 8.57. The van der Waals surface area contributed by atoms with Gasteiger partial charge in [-0.05, 0) is 31.1 Å². The minimum Gasteiger partial charge on any atom is -0.434 e. The van der Waals surface area contributed by atoms with Gasteiger partial charge in [0.25, 0.3) is 0 Å². The van der Waals surface area contributed by atoms with Gasteiger partial charge in [-0.15, -0.1) is 0 Å². The molecule has 1 aliphatic heterocycles. The van der Waals surface area contributed by atoms with E-state index in [2.05, 4.69) is 6.92 Å². The van der Waals surface area contributed by atoms with Gasteiger partial charge >= 0.3 is 5.97 Å². The summed E-state index contributed by atoms with van der Waals surface area (Å²) in [4.78, 5) is 24.3. The standard InChI is InChI=1S/C24H42O4/c1-3-4-5-6-7-8-9-10-11-12-13-14-21(16-15-20(2)19-25)23-22(26)17-18-28-24(23)27/h17-18,20-21,23,25H,3-16,19H2,1-2H3. The van der Waals surface area contributed by atoms with Crippen molar-refractivity contribution in [2.45, 2.75) is 104 Å². The van der Waals surface area contributed by atoms with E-state index in [4.69, 9.17) is 4.74 Å². The van der Waals surface area contributed by atoms with Crippen molar-refractivity contribution < 1.29 is 19.4 Å². The van der Waals surface area contributed by atoms with Gasteiger partial charge in [0.2, 0.25) is 0 Å². The van der Waals surface area contributed by atoms with Crippen molar-refractivity contribution in [1.29, 1.82) is 0 Å². The summed E-state index contributed by atoms with van der Waals surface area (Å²) < 4.78 is 4.99. The molecule has 0 aromatic rings. The fraction of sp³-hybridized carbons (Fsp3) is 0.833. The number of aliphatic hydroxyl groups excluding tert-OH is 1. The van der Waals surface area contributed by atoms with Crippen LogP contribution >= 0.6 is 0 Å². The highest BCUT2D eigenvalue weighted by atomic mass is 16.5. The summed E-state index contributed by atoms with van der Waals surface area (Å²) in [6.45, 7) is 4.40. The molecular formula is C24H42O4. The molecule has 0 aromatic carbocycles. The summed E-state index contributed by atoms with van der Waals surface area (Å²) >= 11 is 0. The Morgan fingerprint density at radius 3 is 2.00 bits per heavy atom. The molecule has 0 bridgehead atoms. The number of rotatable bonds is 17. The number of ketones is 1. The molecule has 0 saturated heterocycles. The first-order valence-electron chi connectivity index (χ1n) is 11.6. The SMILES string of the molecule is CCCCCCCCCCCCCC(CCC(C)CO)C1C(=O)C=COC1=O. The van der Waals surface area contributed by atoms with Crippen LogP contribution in [0.5, 0.6) is 0 Å². The van der Waals surface area contributed by atoms with E-state index in [1.54, 1.807) is 0 Å². The van der Waals surface area contributed by atoms with Gasteiger partial charge in [0, 0.05) is 12.7 Å². The summed E-state index contributed by atoms with van der Waals surface area (Å²) in [6, 6.07) is 0. The minimum absolute atomic E-state index is 0.0255. The summed E-state index contributed by atoms with van der Waals surface area (Å²) in [6.07, 6.45) is 19.3.